The lowest BCUT2D eigenvalue weighted by Gasteiger charge is -2.32. The maximum Gasteiger partial charge on any atom is 0.153 e. The molecule has 0 aromatic heterocycles. The topological polar surface area (TPSA) is 0 Å². The Hall–Kier alpha value is 0.507. The molecule has 0 N–H and O–H groups in total. The molecule has 1 saturated carbocycles. The lowest BCUT2D eigenvalue weighted by Crippen LogP contribution is -2.28. The molecular formula is C9H19ClSi. The van der Waals surface area contributed by atoms with Crippen LogP contribution in [0.2, 0.25) is 18.6 Å². The Labute approximate surface area is 76.0 Å². The van der Waals surface area contributed by atoms with Crippen LogP contribution in [0.5, 0.6) is 0 Å². The predicted octanol–water partition coefficient (Wildman–Crippen LogP) is 4.01. The molecular weight excluding hydrogens is 172 g/mol. The van der Waals surface area contributed by atoms with Crippen LogP contribution in [0.1, 0.15) is 32.6 Å². The van der Waals surface area contributed by atoms with E-state index >= 15 is 0 Å². The highest BCUT2D eigenvalue weighted by Crippen LogP contribution is 2.40. The molecule has 1 aliphatic rings. The fourth-order valence-electron chi connectivity index (χ4n) is 1.95. The summed E-state index contributed by atoms with van der Waals surface area (Å²) in [6.45, 7) is 6.93. The lowest BCUT2D eigenvalue weighted by molar-refractivity contribution is 0.381. The third kappa shape index (κ3) is 2.79. The van der Waals surface area contributed by atoms with E-state index in [4.69, 9.17) is 11.1 Å². The van der Waals surface area contributed by atoms with Crippen LogP contribution >= 0.6 is 11.1 Å². The molecule has 66 valence electrons. The summed E-state index contributed by atoms with van der Waals surface area (Å²) in [5, 5.41) is 0. The van der Waals surface area contributed by atoms with Gasteiger partial charge in [-0.3, -0.25) is 0 Å². The van der Waals surface area contributed by atoms with E-state index in [2.05, 4.69) is 20.0 Å². The van der Waals surface area contributed by atoms with E-state index in [1.807, 2.05) is 0 Å². The van der Waals surface area contributed by atoms with Gasteiger partial charge in [-0.25, -0.2) is 0 Å². The van der Waals surface area contributed by atoms with Crippen molar-refractivity contribution in [2.45, 2.75) is 51.2 Å². The Kier molecular flexibility index (Phi) is 3.04. The van der Waals surface area contributed by atoms with Crippen LogP contribution in [0.25, 0.3) is 0 Å². The van der Waals surface area contributed by atoms with Crippen LogP contribution in [0.15, 0.2) is 0 Å². The molecule has 1 fully saturated rings. The Bertz CT molecular complexity index is 120. The van der Waals surface area contributed by atoms with Gasteiger partial charge in [0.15, 0.2) is 7.38 Å². The van der Waals surface area contributed by atoms with Crippen molar-refractivity contribution in [3.8, 4) is 0 Å². The van der Waals surface area contributed by atoms with Gasteiger partial charge in [0, 0.05) is 0 Å². The summed E-state index contributed by atoms with van der Waals surface area (Å²) < 4.78 is 0. The first-order valence-electron chi connectivity index (χ1n) is 4.69. The zero-order valence-electron chi connectivity index (χ0n) is 7.86. The second-order valence-corrected chi connectivity index (χ2v) is 11.4. The fourth-order valence-corrected chi connectivity index (χ4v) is 4.31. The van der Waals surface area contributed by atoms with Crippen LogP contribution in [0, 0.1) is 5.92 Å². The summed E-state index contributed by atoms with van der Waals surface area (Å²) in [5.41, 5.74) is 0.889. The van der Waals surface area contributed by atoms with Crippen molar-refractivity contribution in [3.05, 3.63) is 0 Å². The molecule has 0 aromatic rings. The molecule has 1 aliphatic carbocycles. The molecule has 0 unspecified atom stereocenters. The summed E-state index contributed by atoms with van der Waals surface area (Å²) in [7, 11) is -1.31. The Morgan fingerprint density at radius 2 is 1.55 bits per heavy atom. The summed E-state index contributed by atoms with van der Waals surface area (Å²) >= 11 is 6.40. The SMILES string of the molecule is CC1CCC([Si](C)(C)Cl)CC1. The van der Waals surface area contributed by atoms with Gasteiger partial charge in [-0.2, -0.15) is 11.1 Å². The van der Waals surface area contributed by atoms with Crippen LogP contribution in [-0.4, -0.2) is 7.38 Å². The van der Waals surface area contributed by atoms with Crippen molar-refractivity contribution in [3.63, 3.8) is 0 Å². The third-order valence-electron chi connectivity index (χ3n) is 2.99. The van der Waals surface area contributed by atoms with Crippen molar-refractivity contribution in [1.82, 2.24) is 0 Å². The van der Waals surface area contributed by atoms with Gasteiger partial charge in [0.1, 0.15) is 0 Å². The number of rotatable bonds is 1. The molecule has 0 amide bonds. The van der Waals surface area contributed by atoms with Gasteiger partial charge in [0.05, 0.1) is 0 Å². The average molecular weight is 191 g/mol. The molecule has 0 radical (unpaired) electrons. The standard InChI is InChI=1S/C9H19ClSi/c1-8-4-6-9(7-5-8)11(2,3)10/h8-9H,4-7H2,1-3H3. The smallest absolute Gasteiger partial charge is 0.153 e. The molecule has 1 rings (SSSR count). The second kappa shape index (κ2) is 3.49. The van der Waals surface area contributed by atoms with E-state index in [1.165, 1.54) is 25.7 Å². The summed E-state index contributed by atoms with van der Waals surface area (Å²) in [6, 6.07) is 0. The zero-order valence-corrected chi connectivity index (χ0v) is 9.62. The number of halogens is 1. The maximum absolute atomic E-state index is 6.40. The van der Waals surface area contributed by atoms with Gasteiger partial charge in [-0.15, -0.1) is 0 Å². The highest BCUT2D eigenvalue weighted by Gasteiger charge is 2.32. The first-order chi connectivity index (χ1) is 5.00. The first-order valence-corrected chi connectivity index (χ1v) is 8.78. The molecule has 0 nitrogen and oxygen atoms in total. The maximum atomic E-state index is 6.40. The van der Waals surface area contributed by atoms with Crippen molar-refractivity contribution in [1.29, 1.82) is 0 Å². The molecule has 0 spiro atoms. The summed E-state index contributed by atoms with van der Waals surface area (Å²) in [4.78, 5) is 0. The Morgan fingerprint density at radius 1 is 1.09 bits per heavy atom. The fraction of sp³-hybridized carbons (Fsp3) is 1.00. The van der Waals surface area contributed by atoms with E-state index < -0.39 is 7.38 Å². The molecule has 0 atom stereocenters. The molecule has 0 bridgehead atoms. The van der Waals surface area contributed by atoms with Crippen molar-refractivity contribution in [2.24, 2.45) is 5.92 Å². The minimum absolute atomic E-state index is 0.889. The second-order valence-electron chi connectivity index (χ2n) is 4.52. The minimum Gasteiger partial charge on any atom is -0.167 e. The van der Waals surface area contributed by atoms with Gasteiger partial charge in [0.25, 0.3) is 0 Å². The highest BCUT2D eigenvalue weighted by molar-refractivity contribution is 7.19. The van der Waals surface area contributed by atoms with Crippen molar-refractivity contribution < 1.29 is 0 Å². The van der Waals surface area contributed by atoms with Gasteiger partial charge in [0.2, 0.25) is 0 Å². The number of hydrogen-bond acceptors (Lipinski definition) is 0. The van der Waals surface area contributed by atoms with Gasteiger partial charge < -0.3 is 0 Å². The van der Waals surface area contributed by atoms with Gasteiger partial charge >= 0.3 is 0 Å². The molecule has 0 aliphatic heterocycles. The van der Waals surface area contributed by atoms with Gasteiger partial charge in [-0.05, 0) is 11.5 Å². The largest absolute Gasteiger partial charge is 0.167 e. The average Bonchev–Trinajstić information content (AvgIpc) is 1.86. The van der Waals surface area contributed by atoms with Crippen molar-refractivity contribution in [2.75, 3.05) is 0 Å². The normalized spacial score (nSPS) is 33.8. The monoisotopic (exact) mass is 190 g/mol. The molecule has 0 aromatic carbocycles. The Balaban J connectivity index is 2.39. The van der Waals surface area contributed by atoms with E-state index in [1.54, 1.807) is 0 Å². The highest BCUT2D eigenvalue weighted by atomic mass is 35.6. The molecule has 2 heteroatoms. The third-order valence-corrected chi connectivity index (χ3v) is 6.43. The summed E-state index contributed by atoms with van der Waals surface area (Å²) in [6.07, 6.45) is 5.61. The van der Waals surface area contributed by atoms with Crippen LogP contribution in [0.3, 0.4) is 0 Å². The zero-order chi connectivity index (χ0) is 8.48. The number of hydrogen-bond donors (Lipinski definition) is 0. The predicted molar refractivity (Wildman–Crippen MR) is 54.7 cm³/mol. The van der Waals surface area contributed by atoms with E-state index in [0.29, 0.717) is 0 Å². The van der Waals surface area contributed by atoms with Crippen molar-refractivity contribution >= 4 is 18.5 Å². The van der Waals surface area contributed by atoms with E-state index in [9.17, 15) is 0 Å². The molecule has 11 heavy (non-hydrogen) atoms. The molecule has 0 heterocycles. The lowest BCUT2D eigenvalue weighted by atomic mass is 9.90. The summed E-state index contributed by atoms with van der Waals surface area (Å²) in [5.74, 6) is 0.958. The molecule has 0 saturated heterocycles. The minimum atomic E-state index is -1.31. The Morgan fingerprint density at radius 3 is 1.91 bits per heavy atom. The van der Waals surface area contributed by atoms with Gasteiger partial charge in [-0.1, -0.05) is 45.7 Å². The van der Waals surface area contributed by atoms with Crippen LogP contribution < -0.4 is 0 Å². The van der Waals surface area contributed by atoms with Crippen LogP contribution in [0.4, 0.5) is 0 Å². The quantitative estimate of drug-likeness (QED) is 0.433. The van der Waals surface area contributed by atoms with E-state index in [0.717, 1.165) is 11.5 Å². The van der Waals surface area contributed by atoms with Crippen LogP contribution in [-0.2, 0) is 0 Å². The first kappa shape index (κ1) is 9.59. The van der Waals surface area contributed by atoms with E-state index in [-0.39, 0.29) is 0 Å².